The summed E-state index contributed by atoms with van der Waals surface area (Å²) in [5.74, 6) is -0.475. The molecule has 1 fully saturated rings. The van der Waals surface area contributed by atoms with E-state index in [-0.39, 0.29) is 18.5 Å². The van der Waals surface area contributed by atoms with Crippen LogP contribution in [-0.4, -0.2) is 67.7 Å². The van der Waals surface area contributed by atoms with E-state index >= 15 is 0 Å². The monoisotopic (exact) mass is 334 g/mol. The van der Waals surface area contributed by atoms with Crippen LogP contribution in [0.4, 0.5) is 0 Å². The number of nitrogens with zero attached hydrogens (tertiary/aromatic N) is 2. The van der Waals surface area contributed by atoms with Crippen molar-refractivity contribution in [1.82, 2.24) is 9.80 Å². The SMILES string of the molecule is COC(=O)CN(Cc1ccccc1C)C(=O)C(C)N1CCOCC1. The number of hydrogen-bond acceptors (Lipinski definition) is 5. The van der Waals surface area contributed by atoms with E-state index in [9.17, 15) is 9.59 Å². The second-order valence-corrected chi connectivity index (χ2v) is 6.02. The molecule has 1 aliphatic rings. The molecule has 0 N–H and O–H groups in total. The average Bonchev–Trinajstić information content (AvgIpc) is 2.62. The van der Waals surface area contributed by atoms with Crippen molar-refractivity contribution in [2.75, 3.05) is 40.0 Å². The molecule has 0 aromatic heterocycles. The highest BCUT2D eigenvalue weighted by molar-refractivity contribution is 5.85. The number of esters is 1. The number of benzene rings is 1. The van der Waals surface area contributed by atoms with E-state index < -0.39 is 5.97 Å². The minimum absolute atomic E-state index is 0.0433. The quantitative estimate of drug-likeness (QED) is 0.732. The number of morpholine rings is 1. The summed E-state index contributed by atoms with van der Waals surface area (Å²) in [4.78, 5) is 28.4. The number of carbonyl (C=O) groups excluding carboxylic acids is 2. The third-order valence-electron chi connectivity index (χ3n) is 4.43. The zero-order valence-electron chi connectivity index (χ0n) is 14.7. The van der Waals surface area contributed by atoms with Crippen LogP contribution in [0, 0.1) is 6.92 Å². The normalized spacial score (nSPS) is 16.5. The van der Waals surface area contributed by atoms with E-state index in [1.807, 2.05) is 38.1 Å². The number of amides is 1. The largest absolute Gasteiger partial charge is 0.468 e. The Labute approximate surface area is 143 Å². The number of rotatable bonds is 6. The molecule has 0 spiro atoms. The first-order valence-electron chi connectivity index (χ1n) is 8.25. The first kappa shape index (κ1) is 18.4. The van der Waals surface area contributed by atoms with Crippen molar-refractivity contribution in [2.45, 2.75) is 26.4 Å². The molecule has 1 saturated heterocycles. The fraction of sp³-hybridized carbons (Fsp3) is 0.556. The predicted molar refractivity (Wildman–Crippen MR) is 90.5 cm³/mol. The highest BCUT2D eigenvalue weighted by atomic mass is 16.5. The van der Waals surface area contributed by atoms with Gasteiger partial charge in [0.05, 0.1) is 26.4 Å². The van der Waals surface area contributed by atoms with Crippen molar-refractivity contribution in [3.8, 4) is 0 Å². The summed E-state index contributed by atoms with van der Waals surface area (Å²) < 4.78 is 10.1. The van der Waals surface area contributed by atoms with E-state index in [2.05, 4.69) is 4.90 Å². The highest BCUT2D eigenvalue weighted by Crippen LogP contribution is 2.14. The van der Waals surface area contributed by atoms with Crippen molar-refractivity contribution in [3.63, 3.8) is 0 Å². The molecule has 6 nitrogen and oxygen atoms in total. The Morgan fingerprint density at radius 3 is 2.58 bits per heavy atom. The van der Waals surface area contributed by atoms with Crippen molar-refractivity contribution in [1.29, 1.82) is 0 Å². The summed E-state index contributed by atoms with van der Waals surface area (Å²) in [7, 11) is 1.34. The molecular formula is C18H26N2O4. The Morgan fingerprint density at radius 2 is 1.96 bits per heavy atom. The van der Waals surface area contributed by atoms with Crippen molar-refractivity contribution < 1.29 is 19.1 Å². The molecule has 1 aliphatic heterocycles. The topological polar surface area (TPSA) is 59.1 Å². The van der Waals surface area contributed by atoms with E-state index in [4.69, 9.17) is 9.47 Å². The van der Waals surface area contributed by atoms with Gasteiger partial charge < -0.3 is 14.4 Å². The number of ether oxygens (including phenoxy) is 2. The summed E-state index contributed by atoms with van der Waals surface area (Å²) >= 11 is 0. The molecule has 1 aromatic rings. The van der Waals surface area contributed by atoms with E-state index in [0.717, 1.165) is 24.2 Å². The van der Waals surface area contributed by atoms with E-state index in [1.165, 1.54) is 7.11 Å². The standard InChI is InChI=1S/C18H26N2O4/c1-14-6-4-5-7-16(14)12-20(13-17(21)23-3)18(22)15(2)19-8-10-24-11-9-19/h4-7,15H,8-13H2,1-3H3. The molecule has 1 amide bonds. The molecule has 1 unspecified atom stereocenters. The molecule has 0 bridgehead atoms. The van der Waals surface area contributed by atoms with Gasteiger partial charge in [-0.2, -0.15) is 0 Å². The van der Waals surface area contributed by atoms with Crippen LogP contribution >= 0.6 is 0 Å². The van der Waals surface area contributed by atoms with Gasteiger partial charge in [-0.3, -0.25) is 14.5 Å². The molecule has 0 aliphatic carbocycles. The Balaban J connectivity index is 2.13. The molecule has 1 atom stereocenters. The lowest BCUT2D eigenvalue weighted by molar-refractivity contribution is -0.150. The lowest BCUT2D eigenvalue weighted by Gasteiger charge is -2.34. The lowest BCUT2D eigenvalue weighted by atomic mass is 10.1. The number of carbonyl (C=O) groups is 2. The summed E-state index contributed by atoms with van der Waals surface area (Å²) in [6, 6.07) is 7.59. The molecule has 1 heterocycles. The first-order chi connectivity index (χ1) is 11.5. The van der Waals surface area contributed by atoms with Crippen molar-refractivity contribution >= 4 is 11.9 Å². The van der Waals surface area contributed by atoms with Gasteiger partial charge in [0.15, 0.2) is 0 Å². The van der Waals surface area contributed by atoms with Gasteiger partial charge in [-0.05, 0) is 25.0 Å². The lowest BCUT2D eigenvalue weighted by Crippen LogP contribution is -2.51. The molecule has 2 rings (SSSR count). The van der Waals surface area contributed by atoms with Crippen LogP contribution in [0.5, 0.6) is 0 Å². The van der Waals surface area contributed by atoms with Gasteiger partial charge in [-0.1, -0.05) is 24.3 Å². The minimum atomic E-state index is -0.411. The smallest absolute Gasteiger partial charge is 0.325 e. The molecule has 0 radical (unpaired) electrons. The molecule has 132 valence electrons. The van der Waals surface area contributed by atoms with E-state index in [0.29, 0.717) is 19.8 Å². The fourth-order valence-corrected chi connectivity index (χ4v) is 2.81. The maximum Gasteiger partial charge on any atom is 0.325 e. The van der Waals surface area contributed by atoms with Crippen LogP contribution < -0.4 is 0 Å². The fourth-order valence-electron chi connectivity index (χ4n) is 2.81. The van der Waals surface area contributed by atoms with Crippen LogP contribution in [0.25, 0.3) is 0 Å². The van der Waals surface area contributed by atoms with Crippen molar-refractivity contribution in [2.24, 2.45) is 0 Å². The summed E-state index contributed by atoms with van der Waals surface area (Å²) in [6.45, 7) is 6.95. The Kier molecular flexibility index (Phi) is 6.75. The molecule has 0 saturated carbocycles. The van der Waals surface area contributed by atoms with Crippen LogP contribution in [0.15, 0.2) is 24.3 Å². The highest BCUT2D eigenvalue weighted by Gasteiger charge is 2.28. The van der Waals surface area contributed by atoms with E-state index in [1.54, 1.807) is 4.90 Å². The molecular weight excluding hydrogens is 308 g/mol. The van der Waals surface area contributed by atoms with Gasteiger partial charge >= 0.3 is 5.97 Å². The number of hydrogen-bond donors (Lipinski definition) is 0. The molecule has 6 heteroatoms. The zero-order valence-corrected chi connectivity index (χ0v) is 14.7. The summed E-state index contributed by atoms with van der Waals surface area (Å²) in [6.07, 6.45) is 0. The van der Waals surface area contributed by atoms with Gasteiger partial charge in [0.1, 0.15) is 6.54 Å². The first-order valence-corrected chi connectivity index (χ1v) is 8.25. The Hall–Kier alpha value is -1.92. The Morgan fingerprint density at radius 1 is 1.29 bits per heavy atom. The van der Waals surface area contributed by atoms with Gasteiger partial charge in [-0.15, -0.1) is 0 Å². The number of aryl methyl sites for hydroxylation is 1. The second kappa shape index (κ2) is 8.80. The third-order valence-corrected chi connectivity index (χ3v) is 4.43. The summed E-state index contributed by atoms with van der Waals surface area (Å²) in [5, 5.41) is 0. The van der Waals surface area contributed by atoms with Crippen LogP contribution in [0.1, 0.15) is 18.1 Å². The van der Waals surface area contributed by atoms with Gasteiger partial charge in [-0.25, -0.2) is 0 Å². The maximum atomic E-state index is 12.9. The second-order valence-electron chi connectivity index (χ2n) is 6.02. The average molecular weight is 334 g/mol. The number of methoxy groups -OCH3 is 1. The van der Waals surface area contributed by atoms with Gasteiger partial charge in [0, 0.05) is 19.6 Å². The van der Waals surface area contributed by atoms with Crippen LogP contribution in [0.3, 0.4) is 0 Å². The third kappa shape index (κ3) is 4.79. The van der Waals surface area contributed by atoms with Gasteiger partial charge in [0.2, 0.25) is 5.91 Å². The maximum absolute atomic E-state index is 12.9. The van der Waals surface area contributed by atoms with Crippen molar-refractivity contribution in [3.05, 3.63) is 35.4 Å². The van der Waals surface area contributed by atoms with Gasteiger partial charge in [0.25, 0.3) is 0 Å². The zero-order chi connectivity index (χ0) is 17.5. The minimum Gasteiger partial charge on any atom is -0.468 e. The van der Waals surface area contributed by atoms with Crippen LogP contribution in [0.2, 0.25) is 0 Å². The predicted octanol–water partition coefficient (Wildman–Crippen LogP) is 1.22. The van der Waals surface area contributed by atoms with Crippen LogP contribution in [-0.2, 0) is 25.6 Å². The molecule has 24 heavy (non-hydrogen) atoms. The summed E-state index contributed by atoms with van der Waals surface area (Å²) in [5.41, 5.74) is 2.13. The molecule has 1 aromatic carbocycles. The Bertz CT molecular complexity index is 570.